The molecule has 0 saturated heterocycles. The molecule has 30 heavy (non-hydrogen) atoms. The third-order valence-corrected chi connectivity index (χ3v) is 8.30. The lowest BCUT2D eigenvalue weighted by Gasteiger charge is -2.24. The third kappa shape index (κ3) is 17.0. The maximum absolute atomic E-state index is 11.8. The highest BCUT2D eigenvalue weighted by Gasteiger charge is 2.36. The lowest BCUT2D eigenvalue weighted by Crippen LogP contribution is -2.42. The first-order valence-electron chi connectivity index (χ1n) is 12.1. The fraction of sp³-hybridized carbons (Fsp3) is 0.875. The van der Waals surface area contributed by atoms with E-state index in [1.165, 1.54) is 70.6 Å². The second-order valence-electron chi connectivity index (χ2n) is 7.95. The van der Waals surface area contributed by atoms with E-state index in [9.17, 15) is 4.79 Å². The number of rotatable bonds is 22. The summed E-state index contributed by atoms with van der Waals surface area (Å²) in [6.07, 6.45) is 22.3. The molecule has 5 nitrogen and oxygen atoms in total. The molecular weight excluding hydrogens is 396 g/mol. The second-order valence-corrected chi connectivity index (χ2v) is 11.0. The van der Waals surface area contributed by atoms with Crippen LogP contribution in [0.4, 0.5) is 0 Å². The predicted molar refractivity (Wildman–Crippen MR) is 127 cm³/mol. The summed E-state index contributed by atoms with van der Waals surface area (Å²) in [5, 5.41) is 0. The van der Waals surface area contributed by atoms with Crippen molar-refractivity contribution in [1.82, 2.24) is 0 Å². The van der Waals surface area contributed by atoms with Crippen LogP contribution in [0.5, 0.6) is 0 Å². The number of allylic oxidation sites excluding steroid dienone is 2. The average Bonchev–Trinajstić information content (AvgIpc) is 2.77. The maximum atomic E-state index is 11.8. The van der Waals surface area contributed by atoms with E-state index in [4.69, 9.17) is 18.0 Å². The van der Waals surface area contributed by atoms with Gasteiger partial charge >= 0.3 is 14.8 Å². The molecule has 0 spiro atoms. The molecule has 0 aromatic heterocycles. The summed E-state index contributed by atoms with van der Waals surface area (Å²) in [6.45, 7) is 2.66. The quantitative estimate of drug-likeness (QED) is 0.0792. The van der Waals surface area contributed by atoms with Crippen LogP contribution in [-0.4, -0.2) is 42.7 Å². The molecule has 0 aliphatic heterocycles. The average molecular weight is 445 g/mol. The van der Waals surface area contributed by atoms with Crippen molar-refractivity contribution >= 4 is 14.8 Å². The molecule has 0 aliphatic carbocycles. The predicted octanol–water partition coefficient (Wildman–Crippen LogP) is 6.84. The molecule has 178 valence electrons. The summed E-state index contributed by atoms with van der Waals surface area (Å²) in [4.78, 5) is 11.8. The normalized spacial score (nSPS) is 12.0. The Morgan fingerprint density at radius 3 is 1.73 bits per heavy atom. The lowest BCUT2D eigenvalue weighted by molar-refractivity contribution is -0.143. The number of esters is 1. The van der Waals surface area contributed by atoms with Gasteiger partial charge in [-0.15, -0.1) is 0 Å². The van der Waals surface area contributed by atoms with Crippen LogP contribution in [0.25, 0.3) is 0 Å². The van der Waals surface area contributed by atoms with Gasteiger partial charge in [-0.05, 0) is 38.5 Å². The van der Waals surface area contributed by atoms with Gasteiger partial charge in [0.15, 0.2) is 0 Å². The fourth-order valence-corrected chi connectivity index (χ4v) is 5.13. The van der Waals surface area contributed by atoms with Gasteiger partial charge in [-0.25, -0.2) is 0 Å². The van der Waals surface area contributed by atoms with Crippen LogP contribution in [0.15, 0.2) is 12.2 Å². The van der Waals surface area contributed by atoms with Crippen molar-refractivity contribution in [1.29, 1.82) is 0 Å². The summed E-state index contributed by atoms with van der Waals surface area (Å²) in [6, 6.07) is 0.650. The second kappa shape index (κ2) is 21.5. The Bertz CT molecular complexity index is 402. The molecule has 0 radical (unpaired) electrons. The van der Waals surface area contributed by atoms with Crippen molar-refractivity contribution in [3.8, 4) is 0 Å². The standard InChI is InChI=1S/C24H48O5Si/c1-5-6-7-8-9-10-11-12-13-14-15-16-17-18-19-21-24(25)29-22-20-23-30(26-2,27-3)28-4/h12-13H,5-11,14-23H2,1-4H3/b13-12-. The summed E-state index contributed by atoms with van der Waals surface area (Å²) >= 11 is 0. The first-order valence-corrected chi connectivity index (χ1v) is 14.0. The summed E-state index contributed by atoms with van der Waals surface area (Å²) in [7, 11) is 2.24. The molecule has 0 aromatic carbocycles. The van der Waals surface area contributed by atoms with Gasteiger partial charge in [0.1, 0.15) is 0 Å². The minimum atomic E-state index is -2.55. The molecule has 6 heteroatoms. The first kappa shape index (κ1) is 29.3. The minimum Gasteiger partial charge on any atom is -0.466 e. The van der Waals surface area contributed by atoms with E-state index < -0.39 is 8.80 Å². The molecule has 0 atom stereocenters. The summed E-state index contributed by atoms with van der Waals surface area (Å²) in [5.74, 6) is -0.104. The molecule has 0 N–H and O–H groups in total. The van der Waals surface area contributed by atoms with E-state index in [1.807, 2.05) is 0 Å². The molecule has 0 rings (SSSR count). The first-order chi connectivity index (χ1) is 14.6. The van der Waals surface area contributed by atoms with Gasteiger partial charge in [0.25, 0.3) is 0 Å². The number of carbonyl (C=O) groups excluding carboxylic acids is 1. The Morgan fingerprint density at radius 2 is 1.20 bits per heavy atom. The molecule has 0 fully saturated rings. The van der Waals surface area contributed by atoms with Crippen LogP contribution < -0.4 is 0 Å². The molecule has 0 heterocycles. The van der Waals surface area contributed by atoms with Crippen molar-refractivity contribution in [3.63, 3.8) is 0 Å². The molecule has 0 aliphatic rings. The van der Waals surface area contributed by atoms with Crippen LogP contribution in [0.3, 0.4) is 0 Å². The van der Waals surface area contributed by atoms with Crippen LogP contribution in [0.1, 0.15) is 103 Å². The van der Waals surface area contributed by atoms with E-state index in [2.05, 4.69) is 19.1 Å². The van der Waals surface area contributed by atoms with Gasteiger partial charge in [-0.1, -0.05) is 70.4 Å². The SMILES string of the molecule is CCCCCCCC/C=C\CCCCCCCC(=O)OCCC[Si](OC)(OC)OC. The molecule has 0 amide bonds. The molecule has 0 bridgehead atoms. The largest absolute Gasteiger partial charge is 0.500 e. The Balaban J connectivity index is 3.42. The zero-order valence-electron chi connectivity index (χ0n) is 20.2. The van der Waals surface area contributed by atoms with E-state index in [0.717, 1.165) is 12.8 Å². The van der Waals surface area contributed by atoms with Crippen molar-refractivity contribution in [2.75, 3.05) is 27.9 Å². The summed E-state index contributed by atoms with van der Waals surface area (Å²) < 4.78 is 21.4. The maximum Gasteiger partial charge on any atom is 0.500 e. The Morgan fingerprint density at radius 1 is 0.700 bits per heavy atom. The van der Waals surface area contributed by atoms with Gasteiger partial charge in [-0.3, -0.25) is 4.79 Å². The highest BCUT2D eigenvalue weighted by molar-refractivity contribution is 6.60. The highest BCUT2D eigenvalue weighted by atomic mass is 28.4. The van der Waals surface area contributed by atoms with Crippen LogP contribution in [0, 0.1) is 0 Å². The zero-order valence-corrected chi connectivity index (χ0v) is 21.2. The summed E-state index contributed by atoms with van der Waals surface area (Å²) in [5.41, 5.74) is 0. The molecular formula is C24H48O5Si. The van der Waals surface area contributed by atoms with Gasteiger partial charge in [-0.2, -0.15) is 0 Å². The number of hydrogen-bond donors (Lipinski definition) is 0. The monoisotopic (exact) mass is 444 g/mol. The van der Waals surface area contributed by atoms with Crippen molar-refractivity contribution in [2.45, 2.75) is 109 Å². The van der Waals surface area contributed by atoms with Crippen LogP contribution >= 0.6 is 0 Å². The van der Waals surface area contributed by atoms with E-state index in [-0.39, 0.29) is 5.97 Å². The molecule has 0 unspecified atom stereocenters. The fourth-order valence-electron chi connectivity index (χ4n) is 3.44. The highest BCUT2D eigenvalue weighted by Crippen LogP contribution is 2.15. The van der Waals surface area contributed by atoms with E-state index in [0.29, 0.717) is 25.5 Å². The van der Waals surface area contributed by atoms with Crippen LogP contribution in [-0.2, 0) is 22.8 Å². The number of unbranched alkanes of at least 4 members (excludes halogenated alkanes) is 11. The number of ether oxygens (including phenoxy) is 1. The smallest absolute Gasteiger partial charge is 0.466 e. The zero-order chi connectivity index (χ0) is 22.3. The third-order valence-electron chi connectivity index (χ3n) is 5.47. The topological polar surface area (TPSA) is 54.0 Å². The Hall–Kier alpha value is -0.693. The molecule has 0 saturated carbocycles. The van der Waals surface area contributed by atoms with E-state index >= 15 is 0 Å². The number of hydrogen-bond acceptors (Lipinski definition) is 5. The van der Waals surface area contributed by atoms with E-state index in [1.54, 1.807) is 21.3 Å². The van der Waals surface area contributed by atoms with Gasteiger partial charge in [0.05, 0.1) is 6.61 Å². The van der Waals surface area contributed by atoms with Crippen molar-refractivity contribution in [3.05, 3.63) is 12.2 Å². The van der Waals surface area contributed by atoms with Gasteiger partial charge in [0, 0.05) is 33.8 Å². The van der Waals surface area contributed by atoms with Gasteiger partial charge < -0.3 is 18.0 Å². The Labute approximate surface area is 187 Å². The number of carbonyl (C=O) groups is 1. The van der Waals surface area contributed by atoms with Crippen LogP contribution in [0.2, 0.25) is 6.04 Å². The van der Waals surface area contributed by atoms with Gasteiger partial charge in [0.2, 0.25) is 0 Å². The Kier molecular flexibility index (Phi) is 21.0. The molecule has 0 aromatic rings. The lowest BCUT2D eigenvalue weighted by atomic mass is 10.1. The van der Waals surface area contributed by atoms with Crippen molar-refractivity contribution < 1.29 is 22.8 Å². The van der Waals surface area contributed by atoms with Crippen molar-refractivity contribution in [2.24, 2.45) is 0 Å². The minimum absolute atomic E-state index is 0.104.